The number of rotatable bonds is 3. The monoisotopic (exact) mass is 230 g/mol. The Kier molecular flexibility index (Phi) is 5.36. The van der Waals surface area contributed by atoms with E-state index in [0.29, 0.717) is 10.6 Å². The molecule has 0 saturated heterocycles. The van der Waals surface area contributed by atoms with Crippen LogP contribution in [-0.2, 0) is 4.79 Å². The first-order chi connectivity index (χ1) is 6.59. The quantitative estimate of drug-likeness (QED) is 0.729. The number of carboxylic acid groups (broad SMARTS) is 1. The molecule has 0 aromatic heterocycles. The molecule has 0 bridgehead atoms. The number of hydrogen-bond acceptors (Lipinski definition) is 3. The molecule has 0 heterocycles. The van der Waals surface area contributed by atoms with Crippen molar-refractivity contribution in [2.45, 2.75) is 0 Å². The Labute approximate surface area is 91.6 Å². The number of halogens is 1. The van der Waals surface area contributed by atoms with E-state index >= 15 is 0 Å². The van der Waals surface area contributed by atoms with Crippen molar-refractivity contribution in [3.8, 4) is 0 Å². The van der Waals surface area contributed by atoms with Gasteiger partial charge in [-0.3, -0.25) is 9.59 Å². The average Bonchev–Trinajstić information content (AvgIpc) is 2.15. The van der Waals surface area contributed by atoms with E-state index in [2.05, 4.69) is 5.32 Å². The smallest absolute Gasteiger partial charge is 0.322 e. The topological polar surface area (TPSA) is 101 Å². The molecule has 15 heavy (non-hydrogen) atoms. The lowest BCUT2D eigenvalue weighted by Crippen LogP contribution is -2.29. The van der Waals surface area contributed by atoms with Gasteiger partial charge in [0.05, 0.1) is 0 Å². The average molecular weight is 231 g/mol. The van der Waals surface area contributed by atoms with Gasteiger partial charge in [-0.25, -0.2) is 0 Å². The van der Waals surface area contributed by atoms with Crippen molar-refractivity contribution in [3.63, 3.8) is 0 Å². The second-order valence-electron chi connectivity index (χ2n) is 2.58. The molecule has 0 radical (unpaired) electrons. The predicted octanol–water partition coefficient (Wildman–Crippen LogP) is 1.32. The normalized spacial score (nSPS) is 8.87. The molecule has 0 saturated carbocycles. The molecule has 1 amide bonds. The van der Waals surface area contributed by atoms with E-state index < -0.39 is 11.9 Å². The van der Waals surface area contributed by atoms with Crippen molar-refractivity contribution in [1.29, 1.82) is 0 Å². The molecule has 5 nitrogen and oxygen atoms in total. The predicted molar refractivity (Wildman–Crippen MR) is 56.4 cm³/mol. The summed E-state index contributed by atoms with van der Waals surface area (Å²) in [5.41, 5.74) is 0.385. The van der Waals surface area contributed by atoms with Crippen LogP contribution in [-0.4, -0.2) is 23.5 Å². The van der Waals surface area contributed by atoms with E-state index in [0.717, 1.165) is 0 Å². The molecular formula is C9H11ClN2O3. The minimum Gasteiger partial charge on any atom is -0.480 e. The Bertz CT molecular complexity index is 351. The van der Waals surface area contributed by atoms with Gasteiger partial charge >= 0.3 is 5.97 Å². The summed E-state index contributed by atoms with van der Waals surface area (Å²) >= 11 is 5.62. The van der Waals surface area contributed by atoms with Gasteiger partial charge in [0.2, 0.25) is 0 Å². The van der Waals surface area contributed by atoms with Crippen LogP contribution in [0.1, 0.15) is 10.4 Å². The van der Waals surface area contributed by atoms with E-state index in [1.54, 1.807) is 12.1 Å². The summed E-state index contributed by atoms with van der Waals surface area (Å²) in [5.74, 6) is -1.50. The molecule has 5 N–H and O–H groups in total. The zero-order valence-electron chi connectivity index (χ0n) is 7.87. The highest BCUT2D eigenvalue weighted by Crippen LogP contribution is 2.08. The lowest BCUT2D eigenvalue weighted by atomic mass is 10.2. The van der Waals surface area contributed by atoms with Crippen LogP contribution in [0.25, 0.3) is 0 Å². The minimum atomic E-state index is -1.08. The Hall–Kier alpha value is -1.59. The highest BCUT2D eigenvalue weighted by Gasteiger charge is 2.05. The molecule has 0 unspecified atom stereocenters. The summed E-state index contributed by atoms with van der Waals surface area (Å²) in [6.07, 6.45) is 0. The first kappa shape index (κ1) is 13.4. The van der Waals surface area contributed by atoms with Crippen LogP contribution in [0.4, 0.5) is 0 Å². The molecule has 1 aromatic rings. The lowest BCUT2D eigenvalue weighted by Gasteiger charge is -2.01. The number of aliphatic carboxylic acids is 1. The van der Waals surface area contributed by atoms with E-state index in [1.165, 1.54) is 12.1 Å². The molecule has 0 spiro atoms. The number of carbonyl (C=O) groups excluding carboxylic acids is 1. The van der Waals surface area contributed by atoms with Crippen LogP contribution in [0.2, 0.25) is 5.02 Å². The van der Waals surface area contributed by atoms with E-state index in [1.807, 2.05) is 0 Å². The van der Waals surface area contributed by atoms with Crippen LogP contribution in [0.15, 0.2) is 24.3 Å². The first-order valence-corrected chi connectivity index (χ1v) is 4.23. The number of hydrogen-bond donors (Lipinski definition) is 3. The molecule has 6 heteroatoms. The third kappa shape index (κ3) is 4.44. The highest BCUT2D eigenvalue weighted by atomic mass is 35.5. The minimum absolute atomic E-state index is 0. The number of nitrogens with one attached hydrogen (secondary N) is 1. The zero-order valence-corrected chi connectivity index (χ0v) is 8.62. The number of carbonyl (C=O) groups is 2. The van der Waals surface area contributed by atoms with E-state index in [9.17, 15) is 9.59 Å². The lowest BCUT2D eigenvalue weighted by molar-refractivity contribution is -0.135. The van der Waals surface area contributed by atoms with Gasteiger partial charge in [0.25, 0.3) is 5.91 Å². The number of benzene rings is 1. The highest BCUT2D eigenvalue weighted by molar-refractivity contribution is 6.30. The van der Waals surface area contributed by atoms with Crippen molar-refractivity contribution in [1.82, 2.24) is 11.5 Å². The first-order valence-electron chi connectivity index (χ1n) is 3.85. The summed E-state index contributed by atoms with van der Waals surface area (Å²) in [6, 6.07) is 6.19. The van der Waals surface area contributed by atoms with Gasteiger partial charge in [-0.2, -0.15) is 0 Å². The van der Waals surface area contributed by atoms with Crippen LogP contribution >= 0.6 is 11.6 Å². The summed E-state index contributed by atoms with van der Waals surface area (Å²) < 4.78 is 0. The molecule has 0 aliphatic rings. The maximum absolute atomic E-state index is 11.2. The molecule has 1 aromatic carbocycles. The van der Waals surface area contributed by atoms with Crippen LogP contribution < -0.4 is 11.5 Å². The van der Waals surface area contributed by atoms with E-state index in [4.69, 9.17) is 16.7 Å². The number of carboxylic acids is 1. The third-order valence-corrected chi connectivity index (χ3v) is 1.76. The fourth-order valence-electron chi connectivity index (χ4n) is 0.859. The van der Waals surface area contributed by atoms with Crippen molar-refractivity contribution in [3.05, 3.63) is 34.9 Å². The Morgan fingerprint density at radius 3 is 2.27 bits per heavy atom. The second-order valence-corrected chi connectivity index (χ2v) is 3.02. The van der Waals surface area contributed by atoms with Gasteiger partial charge in [-0.05, 0) is 24.3 Å². The van der Waals surface area contributed by atoms with E-state index in [-0.39, 0.29) is 12.7 Å². The second kappa shape index (κ2) is 6.00. The van der Waals surface area contributed by atoms with Gasteiger partial charge in [0.15, 0.2) is 0 Å². The summed E-state index contributed by atoms with van der Waals surface area (Å²) in [4.78, 5) is 21.4. The molecule has 82 valence electrons. The summed E-state index contributed by atoms with van der Waals surface area (Å²) in [5, 5.41) is 11.1. The number of amides is 1. The summed E-state index contributed by atoms with van der Waals surface area (Å²) in [7, 11) is 0. The SMILES string of the molecule is N.O=C(O)CNC(=O)c1ccc(Cl)cc1. The molecule has 0 atom stereocenters. The molecule has 0 aliphatic carbocycles. The van der Waals surface area contributed by atoms with Gasteiger partial charge in [-0.15, -0.1) is 0 Å². The van der Waals surface area contributed by atoms with Crippen LogP contribution in [0.5, 0.6) is 0 Å². The van der Waals surface area contributed by atoms with Crippen LogP contribution in [0, 0.1) is 0 Å². The van der Waals surface area contributed by atoms with Crippen molar-refractivity contribution in [2.75, 3.05) is 6.54 Å². The largest absolute Gasteiger partial charge is 0.480 e. The van der Waals surface area contributed by atoms with Crippen LogP contribution in [0.3, 0.4) is 0 Å². The van der Waals surface area contributed by atoms with Crippen molar-refractivity contribution >= 4 is 23.5 Å². The van der Waals surface area contributed by atoms with Gasteiger partial charge in [-0.1, -0.05) is 11.6 Å². The molecule has 1 rings (SSSR count). The molecular weight excluding hydrogens is 220 g/mol. The fraction of sp³-hybridized carbons (Fsp3) is 0.111. The maximum atomic E-state index is 11.2. The zero-order chi connectivity index (χ0) is 10.6. The molecule has 0 fully saturated rings. The van der Waals surface area contributed by atoms with Crippen molar-refractivity contribution < 1.29 is 14.7 Å². The van der Waals surface area contributed by atoms with Gasteiger partial charge in [0.1, 0.15) is 6.54 Å². The standard InChI is InChI=1S/C9H8ClNO3.H3N/c10-7-3-1-6(2-4-7)9(14)11-5-8(12)13;/h1-4H,5H2,(H,11,14)(H,12,13);1H3. The Morgan fingerprint density at radius 1 is 1.27 bits per heavy atom. The Balaban J connectivity index is 0.00000196. The third-order valence-electron chi connectivity index (χ3n) is 1.51. The van der Waals surface area contributed by atoms with Gasteiger partial charge in [0, 0.05) is 10.6 Å². The Morgan fingerprint density at radius 2 is 1.80 bits per heavy atom. The van der Waals surface area contributed by atoms with Crippen molar-refractivity contribution in [2.24, 2.45) is 0 Å². The van der Waals surface area contributed by atoms with Gasteiger partial charge < -0.3 is 16.6 Å². The molecule has 0 aliphatic heterocycles. The summed E-state index contributed by atoms with van der Waals surface area (Å²) in [6.45, 7) is -0.387. The maximum Gasteiger partial charge on any atom is 0.322 e. The fourth-order valence-corrected chi connectivity index (χ4v) is 0.985.